The number of nitrogens with zero attached hydrogens (tertiary/aromatic N) is 3. The Labute approximate surface area is 158 Å². The largest absolute Gasteiger partial charge is 0.371 e. The van der Waals surface area contributed by atoms with Gasteiger partial charge < -0.3 is 5.32 Å². The summed E-state index contributed by atoms with van der Waals surface area (Å²) in [6.45, 7) is 2.74. The van der Waals surface area contributed by atoms with E-state index in [1.54, 1.807) is 12.3 Å². The maximum absolute atomic E-state index is 12.8. The molecular weight excluding hydrogens is 368 g/mol. The summed E-state index contributed by atoms with van der Waals surface area (Å²) >= 11 is 0. The lowest BCUT2D eigenvalue weighted by Crippen LogP contribution is -2.35. The minimum atomic E-state index is -3.73. The number of aromatic nitrogens is 1. The van der Waals surface area contributed by atoms with Crippen molar-refractivity contribution in [1.29, 1.82) is 0 Å². The second-order valence-electron chi connectivity index (χ2n) is 6.52. The summed E-state index contributed by atoms with van der Waals surface area (Å²) in [5.41, 5.74) is 0.725. The van der Waals surface area contributed by atoms with E-state index < -0.39 is 14.9 Å². The van der Waals surface area contributed by atoms with Crippen LogP contribution in [-0.4, -0.2) is 35.7 Å². The number of rotatable bonds is 6. The Morgan fingerprint density at radius 2 is 1.93 bits per heavy atom. The third kappa shape index (κ3) is 4.25. The molecule has 0 aliphatic carbocycles. The van der Waals surface area contributed by atoms with Crippen molar-refractivity contribution >= 4 is 21.4 Å². The molecule has 0 amide bonds. The van der Waals surface area contributed by atoms with Crippen molar-refractivity contribution in [2.24, 2.45) is 0 Å². The maximum atomic E-state index is 12.8. The molecule has 2 aromatic rings. The van der Waals surface area contributed by atoms with E-state index in [0.717, 1.165) is 31.0 Å². The Morgan fingerprint density at radius 3 is 2.56 bits per heavy atom. The molecule has 0 saturated carbocycles. The highest BCUT2D eigenvalue weighted by atomic mass is 32.2. The standard InChI is InChI=1S/C18H22N4O4S/c1-14(16-7-3-4-10-19-16)20-17-9-8-15(13-18(17)22(23)24)27(25,26)21-11-5-2-6-12-21/h3-4,7-10,13-14,20H,2,5-6,11-12H2,1H3. The zero-order valence-corrected chi connectivity index (χ0v) is 15.9. The number of benzene rings is 1. The average Bonchev–Trinajstić information content (AvgIpc) is 2.69. The molecule has 144 valence electrons. The van der Waals surface area contributed by atoms with Crippen LogP contribution >= 0.6 is 0 Å². The fourth-order valence-corrected chi connectivity index (χ4v) is 4.68. The van der Waals surface area contributed by atoms with Crippen LogP contribution in [0.1, 0.15) is 37.9 Å². The van der Waals surface area contributed by atoms with Crippen molar-refractivity contribution in [3.8, 4) is 0 Å². The number of hydrogen-bond acceptors (Lipinski definition) is 6. The zero-order chi connectivity index (χ0) is 19.4. The maximum Gasteiger partial charge on any atom is 0.293 e. The summed E-state index contributed by atoms with van der Waals surface area (Å²) < 4.78 is 27.0. The SMILES string of the molecule is CC(Nc1ccc(S(=O)(=O)N2CCCCC2)cc1[N+](=O)[O-])c1ccccn1. The highest BCUT2D eigenvalue weighted by molar-refractivity contribution is 7.89. The lowest BCUT2D eigenvalue weighted by atomic mass is 10.2. The topological polar surface area (TPSA) is 105 Å². The normalized spacial score (nSPS) is 16.6. The highest BCUT2D eigenvalue weighted by Gasteiger charge is 2.28. The van der Waals surface area contributed by atoms with E-state index in [2.05, 4.69) is 10.3 Å². The lowest BCUT2D eigenvalue weighted by Gasteiger charge is -2.26. The summed E-state index contributed by atoms with van der Waals surface area (Å²) in [4.78, 5) is 15.2. The van der Waals surface area contributed by atoms with Gasteiger partial charge in [0, 0.05) is 25.4 Å². The van der Waals surface area contributed by atoms with Crippen LogP contribution in [0.5, 0.6) is 0 Å². The number of nitrogens with one attached hydrogen (secondary N) is 1. The molecule has 1 fully saturated rings. The molecule has 1 aromatic heterocycles. The number of hydrogen-bond donors (Lipinski definition) is 1. The summed E-state index contributed by atoms with van der Waals surface area (Å²) in [6, 6.07) is 9.19. The van der Waals surface area contributed by atoms with E-state index in [-0.39, 0.29) is 22.3 Å². The van der Waals surface area contributed by atoms with Gasteiger partial charge in [-0.1, -0.05) is 12.5 Å². The van der Waals surface area contributed by atoms with E-state index in [4.69, 9.17) is 0 Å². The second kappa shape index (κ2) is 8.01. The molecule has 1 aliphatic rings. The van der Waals surface area contributed by atoms with E-state index in [0.29, 0.717) is 13.1 Å². The Hall–Kier alpha value is -2.52. The van der Waals surface area contributed by atoms with Gasteiger partial charge in [0.05, 0.1) is 21.6 Å². The predicted molar refractivity (Wildman–Crippen MR) is 102 cm³/mol. The van der Waals surface area contributed by atoms with Gasteiger partial charge in [-0.3, -0.25) is 15.1 Å². The van der Waals surface area contributed by atoms with Gasteiger partial charge in [0.15, 0.2) is 0 Å². The summed E-state index contributed by atoms with van der Waals surface area (Å²) in [5.74, 6) is 0. The zero-order valence-electron chi connectivity index (χ0n) is 15.0. The van der Waals surface area contributed by atoms with Crippen LogP contribution in [0, 0.1) is 10.1 Å². The molecule has 1 aromatic carbocycles. The highest BCUT2D eigenvalue weighted by Crippen LogP contribution is 2.32. The van der Waals surface area contributed by atoms with E-state index >= 15 is 0 Å². The number of nitro groups is 1. The molecule has 1 unspecified atom stereocenters. The molecule has 0 bridgehead atoms. The van der Waals surface area contributed by atoms with Crippen LogP contribution in [0.15, 0.2) is 47.5 Å². The summed E-state index contributed by atoms with van der Waals surface area (Å²) in [6.07, 6.45) is 4.27. The Kier molecular flexibility index (Phi) is 5.71. The first-order valence-corrected chi connectivity index (χ1v) is 10.3. The van der Waals surface area contributed by atoms with Crippen LogP contribution in [0.2, 0.25) is 0 Å². The minimum Gasteiger partial charge on any atom is -0.371 e. The monoisotopic (exact) mass is 390 g/mol. The van der Waals surface area contributed by atoms with Crippen LogP contribution in [0.4, 0.5) is 11.4 Å². The first-order chi connectivity index (χ1) is 12.9. The molecule has 27 heavy (non-hydrogen) atoms. The summed E-state index contributed by atoms with van der Waals surface area (Å²) in [7, 11) is -3.73. The van der Waals surface area contributed by atoms with Gasteiger partial charge in [0.1, 0.15) is 5.69 Å². The number of sulfonamides is 1. The first kappa shape index (κ1) is 19.2. The third-order valence-electron chi connectivity index (χ3n) is 4.62. The molecular formula is C18H22N4O4S. The quantitative estimate of drug-likeness (QED) is 0.599. The van der Waals surface area contributed by atoms with Crippen molar-refractivity contribution in [3.63, 3.8) is 0 Å². The predicted octanol–water partition coefficient (Wildman–Crippen LogP) is 3.34. The van der Waals surface area contributed by atoms with Gasteiger partial charge in [0.25, 0.3) is 5.69 Å². The van der Waals surface area contributed by atoms with Crippen LogP contribution in [0.25, 0.3) is 0 Å². The van der Waals surface area contributed by atoms with E-state index in [1.807, 2.05) is 19.1 Å². The van der Waals surface area contributed by atoms with Gasteiger partial charge in [-0.25, -0.2) is 8.42 Å². The van der Waals surface area contributed by atoms with Gasteiger partial charge in [-0.05, 0) is 44.0 Å². The van der Waals surface area contributed by atoms with Crippen molar-refractivity contribution in [2.45, 2.75) is 37.1 Å². The number of pyridine rings is 1. The minimum absolute atomic E-state index is 0.0489. The molecule has 9 heteroatoms. The van der Waals surface area contributed by atoms with E-state index in [9.17, 15) is 18.5 Å². The number of nitro benzene ring substituents is 1. The Morgan fingerprint density at radius 1 is 1.19 bits per heavy atom. The number of piperidine rings is 1. The molecule has 0 spiro atoms. The third-order valence-corrected chi connectivity index (χ3v) is 6.52. The van der Waals surface area contributed by atoms with Crippen LogP contribution < -0.4 is 5.32 Å². The molecule has 0 radical (unpaired) electrons. The molecule has 2 heterocycles. The van der Waals surface area contributed by atoms with Gasteiger partial charge in [-0.15, -0.1) is 0 Å². The molecule has 1 N–H and O–H groups in total. The molecule has 1 aliphatic heterocycles. The van der Waals surface area contributed by atoms with Gasteiger partial charge in [-0.2, -0.15) is 4.31 Å². The Balaban J connectivity index is 1.90. The van der Waals surface area contributed by atoms with Crippen molar-refractivity contribution in [2.75, 3.05) is 18.4 Å². The molecule has 8 nitrogen and oxygen atoms in total. The van der Waals surface area contributed by atoms with Crippen LogP contribution in [0.3, 0.4) is 0 Å². The molecule has 1 saturated heterocycles. The fraction of sp³-hybridized carbons (Fsp3) is 0.389. The van der Waals surface area contributed by atoms with Crippen molar-refractivity contribution < 1.29 is 13.3 Å². The average molecular weight is 390 g/mol. The van der Waals surface area contributed by atoms with Crippen molar-refractivity contribution in [3.05, 3.63) is 58.4 Å². The first-order valence-electron chi connectivity index (χ1n) is 8.85. The Bertz CT molecular complexity index is 912. The van der Waals surface area contributed by atoms with Gasteiger partial charge >= 0.3 is 0 Å². The second-order valence-corrected chi connectivity index (χ2v) is 8.46. The fourth-order valence-electron chi connectivity index (χ4n) is 3.14. The van der Waals surface area contributed by atoms with Crippen molar-refractivity contribution in [1.82, 2.24) is 9.29 Å². The summed E-state index contributed by atoms with van der Waals surface area (Å²) in [5, 5.41) is 14.6. The van der Waals surface area contributed by atoms with Crippen LogP contribution in [-0.2, 0) is 10.0 Å². The molecule has 1 atom stereocenters. The van der Waals surface area contributed by atoms with E-state index in [1.165, 1.54) is 16.4 Å². The lowest BCUT2D eigenvalue weighted by molar-refractivity contribution is -0.384. The number of anilines is 1. The smallest absolute Gasteiger partial charge is 0.293 e. The molecule has 3 rings (SSSR count). The van der Waals surface area contributed by atoms with Gasteiger partial charge in [0.2, 0.25) is 10.0 Å².